The predicted octanol–water partition coefficient (Wildman–Crippen LogP) is 5.32. The Balaban J connectivity index is 1.38. The average molecular weight is 491 g/mol. The number of hydrogen-bond donors (Lipinski definition) is 4. The van der Waals surface area contributed by atoms with E-state index < -0.39 is 5.97 Å². The van der Waals surface area contributed by atoms with Gasteiger partial charge < -0.3 is 20.8 Å². The summed E-state index contributed by atoms with van der Waals surface area (Å²) in [6, 6.07) is 0.540. The summed E-state index contributed by atoms with van der Waals surface area (Å²) in [5.41, 5.74) is 0.611. The van der Waals surface area contributed by atoms with Gasteiger partial charge in [-0.25, -0.2) is 0 Å². The van der Waals surface area contributed by atoms with Crippen molar-refractivity contribution in [3.8, 4) is 0 Å². The molecule has 0 radical (unpaired) electrons. The van der Waals surface area contributed by atoms with Gasteiger partial charge in [-0.1, -0.05) is 34.6 Å². The summed E-state index contributed by atoms with van der Waals surface area (Å²) in [4.78, 5) is 11.2. The van der Waals surface area contributed by atoms with Crippen LogP contribution in [-0.2, 0) is 4.79 Å². The van der Waals surface area contributed by atoms with Crippen LogP contribution in [0.3, 0.4) is 0 Å². The minimum atomic E-state index is -0.660. The summed E-state index contributed by atoms with van der Waals surface area (Å²) in [5, 5.41) is 27.9. The van der Waals surface area contributed by atoms with E-state index >= 15 is 0 Å². The molecule has 0 aromatic carbocycles. The molecule has 0 amide bonds. The molecule has 4 unspecified atom stereocenters. The molecule has 4 aliphatic carbocycles. The second kappa shape index (κ2) is 11.0. The Hall–Kier alpha value is -0.650. The summed E-state index contributed by atoms with van der Waals surface area (Å²) in [6.07, 6.45) is 10.8. The van der Waals surface area contributed by atoms with Crippen molar-refractivity contribution >= 4 is 5.97 Å². The highest BCUT2D eigenvalue weighted by Crippen LogP contribution is 2.68. The average Bonchev–Trinajstić information content (AvgIpc) is 3.15. The largest absolute Gasteiger partial charge is 0.481 e. The molecule has 0 bridgehead atoms. The highest BCUT2D eigenvalue weighted by atomic mass is 16.4. The van der Waals surface area contributed by atoms with Crippen molar-refractivity contribution in [2.75, 3.05) is 19.6 Å². The molecule has 10 atom stereocenters. The first-order valence-electron chi connectivity index (χ1n) is 14.9. The summed E-state index contributed by atoms with van der Waals surface area (Å²) >= 11 is 0. The SMILES string of the molecule is CC(C)NCCNCC1CC[C@]2(C)C3CC[C@@]4(C)C(CC[C@@H]4[C@H](C)CCC(=O)O)C3C[C@@H](O)[C@H]2C1. The van der Waals surface area contributed by atoms with Crippen LogP contribution in [0.15, 0.2) is 0 Å². The Labute approximate surface area is 214 Å². The zero-order valence-corrected chi connectivity index (χ0v) is 23.2. The van der Waals surface area contributed by atoms with Gasteiger partial charge in [0.15, 0.2) is 0 Å². The molecule has 0 aromatic heterocycles. The number of fused-ring (bicyclic) bond motifs is 5. The standard InChI is InChI=1S/C30H54N2O3/c1-19(2)32-15-14-31-18-21-10-12-30(5)25-11-13-29(4)23(20(3)6-9-28(34)35)7-8-24(29)22(25)17-27(33)26(30)16-21/h19-27,31-33H,6-18H2,1-5H3,(H,34,35)/t20-,21?,22?,23-,24?,25?,26-,27-,29-,30-/m1/s1. The minimum Gasteiger partial charge on any atom is -0.481 e. The molecule has 202 valence electrons. The number of nitrogens with one attached hydrogen (secondary N) is 2. The summed E-state index contributed by atoms with van der Waals surface area (Å²) in [7, 11) is 0. The molecular formula is C30H54N2O3. The Morgan fingerprint density at radius 1 is 0.943 bits per heavy atom. The quantitative estimate of drug-likeness (QED) is 0.312. The fourth-order valence-corrected chi connectivity index (χ4v) is 9.85. The van der Waals surface area contributed by atoms with Gasteiger partial charge in [-0.15, -0.1) is 0 Å². The van der Waals surface area contributed by atoms with Crippen molar-refractivity contribution < 1.29 is 15.0 Å². The first kappa shape index (κ1) is 27.4. The Morgan fingerprint density at radius 2 is 1.66 bits per heavy atom. The molecule has 0 saturated heterocycles. The summed E-state index contributed by atoms with van der Waals surface area (Å²) < 4.78 is 0. The second-order valence-electron chi connectivity index (χ2n) is 13.9. The van der Waals surface area contributed by atoms with Crippen molar-refractivity contribution in [3.05, 3.63) is 0 Å². The smallest absolute Gasteiger partial charge is 0.303 e. The highest BCUT2D eigenvalue weighted by molar-refractivity contribution is 5.66. The van der Waals surface area contributed by atoms with E-state index in [-0.39, 0.29) is 11.5 Å². The van der Waals surface area contributed by atoms with E-state index in [0.717, 1.165) is 38.4 Å². The van der Waals surface area contributed by atoms with Crippen LogP contribution >= 0.6 is 0 Å². The Bertz CT molecular complexity index is 728. The molecule has 0 heterocycles. The van der Waals surface area contributed by atoms with Crippen LogP contribution in [-0.4, -0.2) is 48.0 Å². The first-order valence-corrected chi connectivity index (χ1v) is 14.9. The number of aliphatic hydroxyl groups excluding tert-OH is 1. The molecule has 0 aromatic rings. The number of rotatable bonds is 10. The molecule has 4 aliphatic rings. The lowest BCUT2D eigenvalue weighted by molar-refractivity contribution is -0.165. The van der Waals surface area contributed by atoms with E-state index in [9.17, 15) is 15.0 Å². The van der Waals surface area contributed by atoms with Crippen molar-refractivity contribution in [2.45, 2.75) is 111 Å². The molecule has 0 aliphatic heterocycles. The zero-order valence-electron chi connectivity index (χ0n) is 23.2. The van der Waals surface area contributed by atoms with Gasteiger partial charge in [0.1, 0.15) is 0 Å². The maximum absolute atomic E-state index is 11.5. The van der Waals surface area contributed by atoms with Gasteiger partial charge >= 0.3 is 5.97 Å². The van der Waals surface area contributed by atoms with Crippen LogP contribution in [0.2, 0.25) is 0 Å². The van der Waals surface area contributed by atoms with Gasteiger partial charge in [-0.3, -0.25) is 4.79 Å². The van der Waals surface area contributed by atoms with Crippen LogP contribution in [0.4, 0.5) is 0 Å². The fraction of sp³-hybridized carbons (Fsp3) is 0.967. The van der Waals surface area contributed by atoms with E-state index in [4.69, 9.17) is 0 Å². The Kier molecular flexibility index (Phi) is 8.60. The lowest BCUT2D eigenvalue weighted by Gasteiger charge is -2.62. The zero-order chi connectivity index (χ0) is 25.4. The van der Waals surface area contributed by atoms with Crippen molar-refractivity contribution in [1.82, 2.24) is 10.6 Å². The number of carboxylic acid groups (broad SMARTS) is 1. The summed E-state index contributed by atoms with van der Waals surface area (Å²) in [5.74, 6) is 3.72. The van der Waals surface area contributed by atoms with Crippen LogP contribution in [0, 0.1) is 52.3 Å². The first-order chi connectivity index (χ1) is 16.6. The third-order valence-electron chi connectivity index (χ3n) is 11.6. The van der Waals surface area contributed by atoms with Gasteiger partial charge in [0, 0.05) is 25.6 Å². The molecular weight excluding hydrogens is 436 g/mol. The van der Waals surface area contributed by atoms with Gasteiger partial charge in [-0.05, 0) is 117 Å². The lowest BCUT2D eigenvalue weighted by Crippen LogP contribution is -2.58. The van der Waals surface area contributed by atoms with Crippen LogP contribution in [0.5, 0.6) is 0 Å². The summed E-state index contributed by atoms with van der Waals surface area (Å²) in [6.45, 7) is 14.9. The topological polar surface area (TPSA) is 81.6 Å². The van der Waals surface area contributed by atoms with Gasteiger partial charge in [0.25, 0.3) is 0 Å². The van der Waals surface area contributed by atoms with Gasteiger partial charge in [-0.2, -0.15) is 0 Å². The molecule has 4 rings (SSSR count). The monoisotopic (exact) mass is 490 g/mol. The van der Waals surface area contributed by atoms with Crippen molar-refractivity contribution in [3.63, 3.8) is 0 Å². The van der Waals surface area contributed by atoms with Crippen molar-refractivity contribution in [2.24, 2.45) is 52.3 Å². The molecule has 4 fully saturated rings. The predicted molar refractivity (Wildman–Crippen MR) is 142 cm³/mol. The van der Waals surface area contributed by atoms with Crippen LogP contribution in [0.1, 0.15) is 98.8 Å². The molecule has 4 saturated carbocycles. The molecule has 0 spiro atoms. The van der Waals surface area contributed by atoms with E-state index in [1.807, 2.05) is 0 Å². The normalized spacial score (nSPS) is 43.9. The van der Waals surface area contributed by atoms with Crippen molar-refractivity contribution in [1.29, 1.82) is 0 Å². The van der Waals surface area contributed by atoms with E-state index in [0.29, 0.717) is 53.4 Å². The van der Waals surface area contributed by atoms with E-state index in [1.54, 1.807) is 0 Å². The molecule has 5 nitrogen and oxygen atoms in total. The molecule has 4 N–H and O–H groups in total. The van der Waals surface area contributed by atoms with E-state index in [1.165, 1.54) is 44.9 Å². The second-order valence-corrected chi connectivity index (χ2v) is 13.9. The Morgan fingerprint density at radius 3 is 2.37 bits per heavy atom. The minimum absolute atomic E-state index is 0.155. The maximum Gasteiger partial charge on any atom is 0.303 e. The maximum atomic E-state index is 11.5. The number of aliphatic hydroxyl groups is 1. The number of carboxylic acids is 1. The number of hydrogen-bond acceptors (Lipinski definition) is 4. The lowest BCUT2D eigenvalue weighted by atomic mass is 9.43. The third kappa shape index (κ3) is 5.48. The third-order valence-corrected chi connectivity index (χ3v) is 11.6. The number of aliphatic carboxylic acids is 1. The fourth-order valence-electron chi connectivity index (χ4n) is 9.85. The van der Waals surface area contributed by atoms with Crippen LogP contribution in [0.25, 0.3) is 0 Å². The highest BCUT2D eigenvalue weighted by Gasteiger charge is 2.62. The number of carbonyl (C=O) groups is 1. The molecule has 5 heteroatoms. The van der Waals surface area contributed by atoms with Gasteiger partial charge in [0.05, 0.1) is 6.10 Å². The van der Waals surface area contributed by atoms with Gasteiger partial charge in [0.2, 0.25) is 0 Å². The van der Waals surface area contributed by atoms with Crippen LogP contribution < -0.4 is 10.6 Å². The van der Waals surface area contributed by atoms with E-state index in [2.05, 4.69) is 45.3 Å². The molecule has 35 heavy (non-hydrogen) atoms.